The summed E-state index contributed by atoms with van der Waals surface area (Å²) in [5.74, 6) is -0.329. The lowest BCUT2D eigenvalue weighted by atomic mass is 10.1. The zero-order valence-electron chi connectivity index (χ0n) is 13.8. The van der Waals surface area contributed by atoms with Crippen molar-refractivity contribution in [3.8, 4) is 0 Å². The Bertz CT molecular complexity index is 814. The highest BCUT2D eigenvalue weighted by Gasteiger charge is 2.29. The fraction of sp³-hybridized carbons (Fsp3) is 0.294. The summed E-state index contributed by atoms with van der Waals surface area (Å²) in [7, 11) is 1.67. The van der Waals surface area contributed by atoms with Crippen LogP contribution in [0, 0.1) is 13.8 Å². The molecule has 0 saturated carbocycles. The standard InChI is InChI=1S/C17H18N4O2S/c1-11-4-5-12(2)14(10-11)21-15(22)7-6-13(19-21)16(23)20(3)17-18-8-9-24-17/h4-5,8-10H,6-7H2,1-3H3. The van der Waals surface area contributed by atoms with Crippen LogP contribution in [0.2, 0.25) is 0 Å². The quantitative estimate of drug-likeness (QED) is 0.861. The van der Waals surface area contributed by atoms with Crippen molar-refractivity contribution >= 4 is 39.7 Å². The van der Waals surface area contributed by atoms with Gasteiger partial charge in [0, 0.05) is 31.5 Å². The van der Waals surface area contributed by atoms with Gasteiger partial charge in [-0.25, -0.2) is 9.99 Å². The monoisotopic (exact) mass is 342 g/mol. The number of thiazole rings is 1. The first-order valence-electron chi connectivity index (χ1n) is 7.62. The van der Waals surface area contributed by atoms with E-state index in [1.807, 2.05) is 37.4 Å². The average molecular weight is 342 g/mol. The molecule has 2 aromatic rings. The second-order valence-electron chi connectivity index (χ2n) is 5.72. The normalized spacial score (nSPS) is 14.5. The SMILES string of the molecule is Cc1ccc(C)c(N2N=C(C(=O)N(C)c3nccs3)CCC2=O)c1. The summed E-state index contributed by atoms with van der Waals surface area (Å²) in [6.07, 6.45) is 2.26. The summed E-state index contributed by atoms with van der Waals surface area (Å²) >= 11 is 1.38. The molecule has 0 N–H and O–H groups in total. The molecule has 0 atom stereocenters. The van der Waals surface area contributed by atoms with Gasteiger partial charge < -0.3 is 0 Å². The van der Waals surface area contributed by atoms with Crippen molar-refractivity contribution < 1.29 is 9.59 Å². The van der Waals surface area contributed by atoms with Gasteiger partial charge in [0.1, 0.15) is 5.71 Å². The van der Waals surface area contributed by atoms with E-state index < -0.39 is 0 Å². The molecular formula is C17H18N4O2S. The van der Waals surface area contributed by atoms with Gasteiger partial charge >= 0.3 is 0 Å². The lowest BCUT2D eigenvalue weighted by Gasteiger charge is -2.26. The molecule has 6 nitrogen and oxygen atoms in total. The second kappa shape index (κ2) is 6.52. The summed E-state index contributed by atoms with van der Waals surface area (Å²) in [6.45, 7) is 3.89. The lowest BCUT2D eigenvalue weighted by molar-refractivity contribution is -0.118. The number of anilines is 2. The van der Waals surface area contributed by atoms with E-state index >= 15 is 0 Å². The Morgan fingerprint density at radius 2 is 2.08 bits per heavy atom. The van der Waals surface area contributed by atoms with E-state index in [9.17, 15) is 9.59 Å². The molecule has 2 amide bonds. The number of hydrazone groups is 1. The van der Waals surface area contributed by atoms with Gasteiger partial charge in [-0.05, 0) is 31.0 Å². The Morgan fingerprint density at radius 1 is 1.29 bits per heavy atom. The molecule has 0 unspecified atom stereocenters. The molecule has 0 aliphatic carbocycles. The van der Waals surface area contributed by atoms with Crippen LogP contribution in [0.15, 0.2) is 34.9 Å². The highest BCUT2D eigenvalue weighted by molar-refractivity contribution is 7.13. The number of amides is 2. The molecule has 7 heteroatoms. The number of rotatable bonds is 3. The predicted molar refractivity (Wildman–Crippen MR) is 95.6 cm³/mol. The first kappa shape index (κ1) is 16.3. The van der Waals surface area contributed by atoms with Gasteiger partial charge in [-0.15, -0.1) is 11.3 Å². The number of nitrogens with zero attached hydrogens (tertiary/aromatic N) is 4. The molecule has 0 radical (unpaired) electrons. The van der Waals surface area contributed by atoms with Crippen molar-refractivity contribution in [1.29, 1.82) is 0 Å². The molecule has 2 heterocycles. The van der Waals surface area contributed by atoms with Crippen molar-refractivity contribution in [2.45, 2.75) is 26.7 Å². The van der Waals surface area contributed by atoms with Crippen molar-refractivity contribution in [2.24, 2.45) is 5.10 Å². The smallest absolute Gasteiger partial charge is 0.276 e. The van der Waals surface area contributed by atoms with Gasteiger partial charge in [-0.3, -0.25) is 14.5 Å². The van der Waals surface area contributed by atoms with E-state index in [1.165, 1.54) is 21.2 Å². The summed E-state index contributed by atoms with van der Waals surface area (Å²) in [5.41, 5.74) is 3.08. The molecule has 24 heavy (non-hydrogen) atoms. The molecule has 1 aromatic carbocycles. The van der Waals surface area contributed by atoms with Gasteiger partial charge in [0.2, 0.25) is 5.91 Å². The Labute approximate surface area is 144 Å². The molecule has 1 aliphatic heterocycles. The Morgan fingerprint density at radius 3 is 2.79 bits per heavy atom. The van der Waals surface area contributed by atoms with Crippen LogP contribution in [0.5, 0.6) is 0 Å². The number of hydrogen-bond donors (Lipinski definition) is 0. The van der Waals surface area contributed by atoms with Crippen molar-refractivity contribution in [2.75, 3.05) is 17.0 Å². The predicted octanol–water partition coefficient (Wildman–Crippen LogP) is 2.91. The van der Waals surface area contributed by atoms with Crippen LogP contribution in [-0.2, 0) is 9.59 Å². The van der Waals surface area contributed by atoms with Crippen LogP contribution in [0.3, 0.4) is 0 Å². The van der Waals surface area contributed by atoms with E-state index in [0.717, 1.165) is 16.8 Å². The first-order valence-corrected chi connectivity index (χ1v) is 8.50. The minimum atomic E-state index is -0.229. The Kier molecular flexibility index (Phi) is 4.44. The van der Waals surface area contributed by atoms with Gasteiger partial charge in [0.15, 0.2) is 5.13 Å². The van der Waals surface area contributed by atoms with E-state index in [-0.39, 0.29) is 18.2 Å². The number of benzene rings is 1. The Balaban J connectivity index is 1.93. The largest absolute Gasteiger partial charge is 0.286 e. The third-order valence-corrected chi connectivity index (χ3v) is 4.73. The minimum Gasteiger partial charge on any atom is -0.286 e. The number of carbonyl (C=O) groups is 2. The highest BCUT2D eigenvalue weighted by atomic mass is 32.1. The van der Waals surface area contributed by atoms with Gasteiger partial charge in [-0.2, -0.15) is 5.10 Å². The maximum absolute atomic E-state index is 12.7. The Hall–Kier alpha value is -2.54. The maximum atomic E-state index is 12.7. The van der Waals surface area contributed by atoms with Crippen LogP contribution < -0.4 is 9.91 Å². The second-order valence-corrected chi connectivity index (χ2v) is 6.59. The number of aromatic nitrogens is 1. The molecular weight excluding hydrogens is 324 g/mol. The van der Waals surface area contributed by atoms with Gasteiger partial charge in [-0.1, -0.05) is 12.1 Å². The van der Waals surface area contributed by atoms with E-state index in [2.05, 4.69) is 10.1 Å². The van der Waals surface area contributed by atoms with Gasteiger partial charge in [0.25, 0.3) is 5.91 Å². The van der Waals surface area contributed by atoms with Crippen LogP contribution in [0.4, 0.5) is 10.8 Å². The zero-order valence-corrected chi connectivity index (χ0v) is 14.6. The summed E-state index contributed by atoms with van der Waals surface area (Å²) in [5, 5.41) is 8.13. The fourth-order valence-corrected chi connectivity index (χ4v) is 3.11. The molecule has 0 saturated heterocycles. The third-order valence-electron chi connectivity index (χ3n) is 3.88. The summed E-state index contributed by atoms with van der Waals surface area (Å²) in [4.78, 5) is 30.6. The van der Waals surface area contributed by atoms with Gasteiger partial charge in [0.05, 0.1) is 5.69 Å². The highest BCUT2D eigenvalue weighted by Crippen LogP contribution is 2.26. The molecule has 0 bridgehead atoms. The zero-order chi connectivity index (χ0) is 17.3. The minimum absolute atomic E-state index is 0.0999. The van der Waals surface area contributed by atoms with Crippen molar-refractivity contribution in [1.82, 2.24) is 4.98 Å². The van der Waals surface area contributed by atoms with Crippen molar-refractivity contribution in [3.05, 3.63) is 40.9 Å². The fourth-order valence-electron chi connectivity index (χ4n) is 2.51. The maximum Gasteiger partial charge on any atom is 0.276 e. The van der Waals surface area contributed by atoms with E-state index in [0.29, 0.717) is 17.3 Å². The molecule has 0 spiro atoms. The van der Waals surface area contributed by atoms with Crippen LogP contribution in [-0.4, -0.2) is 29.6 Å². The topological polar surface area (TPSA) is 65.9 Å². The lowest BCUT2D eigenvalue weighted by Crippen LogP contribution is -2.40. The molecule has 124 valence electrons. The number of hydrogen-bond acceptors (Lipinski definition) is 5. The molecule has 1 aromatic heterocycles. The molecule has 3 rings (SSSR count). The average Bonchev–Trinajstić information content (AvgIpc) is 3.11. The first-order chi connectivity index (χ1) is 11.5. The third kappa shape index (κ3) is 3.07. The summed E-state index contributed by atoms with van der Waals surface area (Å²) < 4.78 is 0. The van der Waals surface area contributed by atoms with Crippen LogP contribution in [0.1, 0.15) is 24.0 Å². The van der Waals surface area contributed by atoms with Crippen LogP contribution >= 0.6 is 11.3 Å². The number of aryl methyl sites for hydroxylation is 2. The molecule has 1 aliphatic rings. The summed E-state index contributed by atoms with van der Waals surface area (Å²) in [6, 6.07) is 5.85. The molecule has 0 fully saturated rings. The van der Waals surface area contributed by atoms with Crippen LogP contribution in [0.25, 0.3) is 0 Å². The van der Waals surface area contributed by atoms with E-state index in [1.54, 1.807) is 13.2 Å². The van der Waals surface area contributed by atoms with E-state index in [4.69, 9.17) is 0 Å². The number of carbonyl (C=O) groups excluding carboxylic acids is 2. The van der Waals surface area contributed by atoms with Crippen molar-refractivity contribution in [3.63, 3.8) is 0 Å².